The van der Waals surface area contributed by atoms with Crippen LogP contribution in [0.5, 0.6) is 0 Å². The van der Waals surface area contributed by atoms with Crippen molar-refractivity contribution in [3.8, 4) is 0 Å². The molecule has 0 saturated carbocycles. The van der Waals surface area contributed by atoms with Crippen LogP contribution in [0, 0.1) is 0 Å². The molecule has 1 atom stereocenters. The third-order valence-corrected chi connectivity index (χ3v) is 2.76. The first kappa shape index (κ1) is 10.4. The van der Waals surface area contributed by atoms with E-state index in [1.807, 2.05) is 51.1 Å². The summed E-state index contributed by atoms with van der Waals surface area (Å²) in [5.41, 5.74) is -0.358. The van der Waals surface area contributed by atoms with Crippen LogP contribution in [0.4, 0.5) is 0 Å². The zero-order chi connectivity index (χ0) is 9.90. The van der Waals surface area contributed by atoms with Gasteiger partial charge in [-0.05, 0) is 37.5 Å². The zero-order valence-corrected chi connectivity index (χ0v) is 9.04. The second-order valence-corrected chi connectivity index (χ2v) is 5.01. The van der Waals surface area contributed by atoms with Gasteiger partial charge in [-0.2, -0.15) is 0 Å². The molecule has 2 nitrogen and oxygen atoms in total. The Morgan fingerprint density at radius 2 is 1.69 bits per heavy atom. The fourth-order valence-electron chi connectivity index (χ4n) is 0.851. The summed E-state index contributed by atoms with van der Waals surface area (Å²) in [5.74, 6) is 0. The molecule has 0 aromatic heterocycles. The maximum absolute atomic E-state index is 11.6. The smallest absolute Gasteiger partial charge is 0.136 e. The first-order chi connectivity index (χ1) is 5.99. The molecule has 1 unspecified atom stereocenters. The van der Waals surface area contributed by atoms with Gasteiger partial charge in [0.2, 0.25) is 5.30 Å². The van der Waals surface area contributed by atoms with Gasteiger partial charge in [0.05, 0.1) is 0 Å². The van der Waals surface area contributed by atoms with Crippen LogP contribution in [0.1, 0.15) is 20.8 Å². The highest BCUT2D eigenvalue weighted by Gasteiger charge is 2.29. The van der Waals surface area contributed by atoms with Crippen molar-refractivity contribution in [3.05, 3.63) is 30.3 Å². The van der Waals surface area contributed by atoms with E-state index in [4.69, 9.17) is 4.52 Å². The van der Waals surface area contributed by atoms with Crippen LogP contribution in [0.25, 0.3) is 0 Å². The Balaban J connectivity index is 2.71. The molecule has 0 saturated heterocycles. The normalized spacial score (nSPS) is 12.7. The van der Waals surface area contributed by atoms with E-state index in [0.29, 0.717) is 0 Å². The Kier molecular flexibility index (Phi) is 3.18. The van der Waals surface area contributed by atoms with Crippen LogP contribution in [-0.4, -0.2) is 5.60 Å². The van der Waals surface area contributed by atoms with Gasteiger partial charge >= 0.3 is 8.03 Å². The van der Waals surface area contributed by atoms with Crippen molar-refractivity contribution in [2.24, 2.45) is 0 Å². The van der Waals surface area contributed by atoms with Crippen molar-refractivity contribution < 1.29 is 9.09 Å². The molecule has 0 heterocycles. The van der Waals surface area contributed by atoms with E-state index in [9.17, 15) is 4.57 Å². The van der Waals surface area contributed by atoms with Crippen LogP contribution < -0.4 is 5.30 Å². The minimum Gasteiger partial charge on any atom is -0.136 e. The van der Waals surface area contributed by atoms with Crippen molar-refractivity contribution in [1.29, 1.82) is 0 Å². The van der Waals surface area contributed by atoms with Crippen molar-refractivity contribution in [2.45, 2.75) is 26.4 Å². The van der Waals surface area contributed by atoms with Gasteiger partial charge in [0, 0.05) is 0 Å². The minimum atomic E-state index is -1.71. The first-order valence-electron chi connectivity index (χ1n) is 4.20. The maximum atomic E-state index is 11.6. The summed E-state index contributed by atoms with van der Waals surface area (Å²) in [6.45, 7) is 5.68. The Morgan fingerprint density at radius 1 is 1.15 bits per heavy atom. The van der Waals surface area contributed by atoms with Crippen molar-refractivity contribution in [3.63, 3.8) is 0 Å². The van der Waals surface area contributed by atoms with Gasteiger partial charge in [-0.3, -0.25) is 0 Å². The number of hydrogen-bond donors (Lipinski definition) is 0. The summed E-state index contributed by atoms with van der Waals surface area (Å²) in [6.07, 6.45) is 0. The van der Waals surface area contributed by atoms with Gasteiger partial charge in [-0.25, -0.2) is 0 Å². The van der Waals surface area contributed by atoms with Crippen LogP contribution in [0.15, 0.2) is 30.3 Å². The molecule has 0 aliphatic rings. The van der Waals surface area contributed by atoms with Gasteiger partial charge in [0.25, 0.3) is 0 Å². The van der Waals surface area contributed by atoms with Crippen LogP contribution in [0.2, 0.25) is 0 Å². The van der Waals surface area contributed by atoms with E-state index in [-0.39, 0.29) is 5.60 Å². The zero-order valence-electron chi connectivity index (χ0n) is 8.15. The Labute approximate surface area is 79.8 Å². The highest BCUT2D eigenvalue weighted by molar-refractivity contribution is 7.48. The molecule has 3 heteroatoms. The highest BCUT2D eigenvalue weighted by atomic mass is 31.1. The Bertz CT molecular complexity index is 288. The molecule has 0 radical (unpaired) electrons. The Morgan fingerprint density at radius 3 is 2.15 bits per heavy atom. The molecule has 0 amide bonds. The van der Waals surface area contributed by atoms with Crippen LogP contribution in [-0.2, 0) is 9.09 Å². The van der Waals surface area contributed by atoms with E-state index < -0.39 is 8.03 Å². The molecule has 1 aromatic carbocycles. The van der Waals surface area contributed by atoms with Crippen molar-refractivity contribution >= 4 is 13.3 Å². The van der Waals surface area contributed by atoms with E-state index in [1.165, 1.54) is 0 Å². The van der Waals surface area contributed by atoms with E-state index in [0.717, 1.165) is 5.30 Å². The van der Waals surface area contributed by atoms with Crippen LogP contribution >= 0.6 is 8.03 Å². The molecular weight excluding hydrogens is 183 g/mol. The first-order valence-corrected chi connectivity index (χ1v) is 5.38. The number of benzene rings is 1. The van der Waals surface area contributed by atoms with E-state index in [2.05, 4.69) is 0 Å². The molecule has 0 fully saturated rings. The lowest BCUT2D eigenvalue weighted by atomic mass is 10.2. The largest absolute Gasteiger partial charge is 0.549 e. The van der Waals surface area contributed by atoms with E-state index >= 15 is 0 Å². The molecule has 0 bridgehead atoms. The summed E-state index contributed by atoms with van der Waals surface area (Å²) in [5, 5.41) is 0.743. The lowest BCUT2D eigenvalue weighted by molar-refractivity contribution is 0.146. The van der Waals surface area contributed by atoms with Crippen molar-refractivity contribution in [1.82, 2.24) is 0 Å². The molecule has 0 N–H and O–H groups in total. The maximum Gasteiger partial charge on any atom is 0.549 e. The SMILES string of the molecule is CC(C)(C)O[P+](=O)c1ccccc1. The van der Waals surface area contributed by atoms with Gasteiger partial charge in [-0.1, -0.05) is 18.2 Å². The highest BCUT2D eigenvalue weighted by Crippen LogP contribution is 2.28. The molecule has 13 heavy (non-hydrogen) atoms. The van der Waals surface area contributed by atoms with Crippen molar-refractivity contribution in [2.75, 3.05) is 0 Å². The second-order valence-electron chi connectivity index (χ2n) is 3.80. The predicted octanol–water partition coefficient (Wildman–Crippen LogP) is 2.87. The molecule has 0 aliphatic heterocycles. The monoisotopic (exact) mass is 197 g/mol. The average Bonchev–Trinajstić information content (AvgIpc) is 2.03. The summed E-state index contributed by atoms with van der Waals surface area (Å²) in [7, 11) is -1.71. The molecular formula is C10H14O2P+. The lowest BCUT2D eigenvalue weighted by Crippen LogP contribution is -2.16. The van der Waals surface area contributed by atoms with Gasteiger partial charge in [0.1, 0.15) is 5.60 Å². The summed E-state index contributed by atoms with van der Waals surface area (Å²) >= 11 is 0. The van der Waals surface area contributed by atoms with Crippen LogP contribution in [0.3, 0.4) is 0 Å². The third-order valence-electron chi connectivity index (χ3n) is 1.32. The fraction of sp³-hybridized carbons (Fsp3) is 0.400. The number of hydrogen-bond acceptors (Lipinski definition) is 2. The lowest BCUT2D eigenvalue weighted by Gasteiger charge is -2.08. The third kappa shape index (κ3) is 3.67. The number of rotatable bonds is 2. The molecule has 70 valence electrons. The minimum absolute atomic E-state index is 0.358. The fourth-order valence-corrected chi connectivity index (χ4v) is 1.87. The summed E-state index contributed by atoms with van der Waals surface area (Å²) in [4.78, 5) is 0. The van der Waals surface area contributed by atoms with Gasteiger partial charge in [0.15, 0.2) is 0 Å². The predicted molar refractivity (Wildman–Crippen MR) is 54.5 cm³/mol. The summed E-state index contributed by atoms with van der Waals surface area (Å²) in [6, 6.07) is 9.22. The Hall–Kier alpha value is -0.720. The summed E-state index contributed by atoms with van der Waals surface area (Å²) < 4.78 is 16.9. The molecule has 1 aromatic rings. The average molecular weight is 197 g/mol. The quantitative estimate of drug-likeness (QED) is 0.681. The van der Waals surface area contributed by atoms with Gasteiger partial charge < -0.3 is 0 Å². The molecule has 1 rings (SSSR count). The van der Waals surface area contributed by atoms with E-state index in [1.54, 1.807) is 0 Å². The second kappa shape index (κ2) is 3.99. The topological polar surface area (TPSA) is 26.3 Å². The molecule has 0 aliphatic carbocycles. The standard InChI is InChI=1S/C10H14O2P/c1-10(2,3)12-13(11)9-7-5-4-6-8-9/h4-8H,1-3H3/q+1. The molecule has 0 spiro atoms. The van der Waals surface area contributed by atoms with Gasteiger partial charge in [-0.15, -0.1) is 4.52 Å².